The summed E-state index contributed by atoms with van der Waals surface area (Å²) in [6.07, 6.45) is -4.55. The fourth-order valence-corrected chi connectivity index (χ4v) is 6.99. The van der Waals surface area contributed by atoms with E-state index < -0.39 is 76.8 Å². The van der Waals surface area contributed by atoms with Crippen LogP contribution in [-0.4, -0.2) is 62.7 Å². The number of hydrogen-bond acceptors (Lipinski definition) is 7. The molecule has 0 unspecified atom stereocenters. The maximum absolute atomic E-state index is 12.6. The van der Waals surface area contributed by atoms with Gasteiger partial charge >= 0.3 is 5.97 Å². The maximum atomic E-state index is 12.6. The van der Waals surface area contributed by atoms with Gasteiger partial charge in [-0.3, -0.25) is 9.59 Å². The van der Waals surface area contributed by atoms with Gasteiger partial charge in [-0.05, 0) is 18.9 Å². The highest BCUT2D eigenvalue weighted by molar-refractivity contribution is 5.96. The maximum Gasteiger partial charge on any atom is 0.310 e. The van der Waals surface area contributed by atoms with Crippen molar-refractivity contribution in [2.24, 2.45) is 34.5 Å². The molecule has 144 valence electrons. The van der Waals surface area contributed by atoms with Crippen molar-refractivity contribution in [1.82, 2.24) is 0 Å². The van der Waals surface area contributed by atoms with Crippen LogP contribution in [0.5, 0.6) is 0 Å². The standard InChI is InChI=1S/C19H26O7/c1-6-5-8(20)15(24)18(3)9(6)12(22)16-19(4)10(17(25)26-16)7(2)11(21)13(23)14(18)19/h5,7,9-16,21-24H,1-4H3/t7-,9-,10-,11-,12-,13-,14-,15-,16-,18+,19+/m1/s1. The van der Waals surface area contributed by atoms with Crippen molar-refractivity contribution in [2.45, 2.75) is 58.2 Å². The number of rotatable bonds is 0. The summed E-state index contributed by atoms with van der Waals surface area (Å²) >= 11 is 0. The number of carbonyl (C=O) groups is 2. The minimum atomic E-state index is -1.44. The van der Waals surface area contributed by atoms with Crippen molar-refractivity contribution in [3.63, 3.8) is 0 Å². The molecule has 1 aliphatic heterocycles. The first kappa shape index (κ1) is 18.1. The molecule has 3 fully saturated rings. The SMILES string of the molecule is CC1=CC(=O)[C@@H](O)[C@]2(C)[C@H]3[C@H](O)[C@H](O)[C@H](C)[C@@H]4C(=O)O[C@H]([C@H](O)[C@@H]12)[C@]34C. The Balaban J connectivity index is 2.00. The van der Waals surface area contributed by atoms with Gasteiger partial charge in [-0.1, -0.05) is 26.3 Å². The lowest BCUT2D eigenvalue weighted by molar-refractivity contribution is -0.266. The van der Waals surface area contributed by atoms with Crippen LogP contribution in [0.25, 0.3) is 0 Å². The van der Waals surface area contributed by atoms with Crippen LogP contribution in [-0.2, 0) is 14.3 Å². The summed E-state index contributed by atoms with van der Waals surface area (Å²) in [5.41, 5.74) is -1.65. The number of carbonyl (C=O) groups excluding carboxylic acids is 2. The minimum absolute atomic E-state index is 0.488. The lowest BCUT2D eigenvalue weighted by Gasteiger charge is -2.65. The zero-order chi connectivity index (χ0) is 19.3. The Morgan fingerprint density at radius 1 is 0.962 bits per heavy atom. The van der Waals surface area contributed by atoms with Crippen molar-refractivity contribution >= 4 is 11.8 Å². The molecule has 0 spiro atoms. The van der Waals surface area contributed by atoms with E-state index in [2.05, 4.69) is 0 Å². The fraction of sp³-hybridized carbons (Fsp3) is 0.789. The first-order chi connectivity index (χ1) is 12.0. The predicted octanol–water partition coefficient (Wildman–Crippen LogP) is -0.591. The Labute approximate surface area is 151 Å². The number of hydrogen-bond donors (Lipinski definition) is 4. The Bertz CT molecular complexity index is 717. The van der Waals surface area contributed by atoms with Crippen molar-refractivity contribution in [3.8, 4) is 0 Å². The molecular formula is C19H26O7. The van der Waals surface area contributed by atoms with Crippen molar-refractivity contribution < 1.29 is 34.8 Å². The van der Waals surface area contributed by atoms with Crippen molar-refractivity contribution in [3.05, 3.63) is 11.6 Å². The number of aliphatic hydroxyl groups excluding tert-OH is 4. The molecule has 0 aromatic rings. The van der Waals surface area contributed by atoms with Crippen LogP contribution in [0.1, 0.15) is 27.7 Å². The van der Waals surface area contributed by atoms with E-state index in [-0.39, 0.29) is 0 Å². The molecule has 3 aliphatic carbocycles. The zero-order valence-corrected chi connectivity index (χ0v) is 15.3. The second kappa shape index (κ2) is 5.16. The highest BCUT2D eigenvalue weighted by Crippen LogP contribution is 2.68. The summed E-state index contributed by atoms with van der Waals surface area (Å²) in [6.45, 7) is 6.80. The third kappa shape index (κ3) is 1.73. The third-order valence-electron chi connectivity index (χ3n) is 7.92. The van der Waals surface area contributed by atoms with E-state index in [4.69, 9.17) is 4.74 Å². The Morgan fingerprint density at radius 3 is 2.19 bits per heavy atom. The van der Waals surface area contributed by atoms with E-state index in [0.717, 1.165) is 0 Å². The Morgan fingerprint density at radius 2 is 1.58 bits per heavy atom. The molecule has 0 radical (unpaired) electrons. The number of esters is 1. The van der Waals surface area contributed by atoms with Crippen molar-refractivity contribution in [1.29, 1.82) is 0 Å². The average Bonchev–Trinajstić information content (AvgIpc) is 2.81. The molecule has 0 amide bonds. The van der Waals surface area contributed by atoms with E-state index >= 15 is 0 Å². The first-order valence-corrected chi connectivity index (χ1v) is 9.13. The van der Waals surface area contributed by atoms with Gasteiger partial charge in [0.15, 0.2) is 5.78 Å². The molecule has 4 rings (SSSR count). The fourth-order valence-electron chi connectivity index (χ4n) is 6.99. The first-order valence-electron chi connectivity index (χ1n) is 9.13. The molecule has 26 heavy (non-hydrogen) atoms. The lowest BCUT2D eigenvalue weighted by atomic mass is 9.39. The number of ether oxygens (including phenoxy) is 1. The minimum Gasteiger partial charge on any atom is -0.459 e. The summed E-state index contributed by atoms with van der Waals surface area (Å²) in [5, 5.41) is 43.6. The van der Waals surface area contributed by atoms with Crippen LogP contribution in [0.2, 0.25) is 0 Å². The predicted molar refractivity (Wildman–Crippen MR) is 88.5 cm³/mol. The van der Waals surface area contributed by atoms with Gasteiger partial charge in [0.05, 0.1) is 24.2 Å². The van der Waals surface area contributed by atoms with E-state index in [1.165, 1.54) is 6.08 Å². The lowest BCUT2D eigenvalue weighted by Crippen LogP contribution is -2.74. The zero-order valence-electron chi connectivity index (χ0n) is 15.3. The van der Waals surface area contributed by atoms with E-state index in [9.17, 15) is 30.0 Å². The van der Waals surface area contributed by atoms with Crippen LogP contribution in [0.3, 0.4) is 0 Å². The quantitative estimate of drug-likeness (QED) is 0.422. The molecule has 0 bridgehead atoms. The smallest absolute Gasteiger partial charge is 0.310 e. The van der Waals surface area contributed by atoms with E-state index in [1.54, 1.807) is 27.7 Å². The van der Waals surface area contributed by atoms with Crippen LogP contribution >= 0.6 is 0 Å². The summed E-state index contributed by atoms with van der Waals surface area (Å²) in [5.74, 6) is -3.75. The summed E-state index contributed by atoms with van der Waals surface area (Å²) in [7, 11) is 0. The van der Waals surface area contributed by atoms with Gasteiger partial charge in [-0.2, -0.15) is 0 Å². The van der Waals surface area contributed by atoms with E-state index in [1.807, 2.05) is 0 Å². The van der Waals surface area contributed by atoms with Gasteiger partial charge in [0.1, 0.15) is 12.2 Å². The topological polar surface area (TPSA) is 124 Å². The molecule has 11 atom stereocenters. The average molecular weight is 366 g/mol. The summed E-state index contributed by atoms with van der Waals surface area (Å²) < 4.78 is 5.56. The molecule has 7 heteroatoms. The van der Waals surface area contributed by atoms with Gasteiger partial charge in [-0.15, -0.1) is 0 Å². The molecule has 4 N–H and O–H groups in total. The summed E-state index contributed by atoms with van der Waals surface area (Å²) in [6, 6.07) is 0. The van der Waals surface area contributed by atoms with Crippen LogP contribution in [0.4, 0.5) is 0 Å². The molecule has 0 aromatic carbocycles. The number of ketones is 1. The van der Waals surface area contributed by atoms with Gasteiger partial charge in [0, 0.05) is 22.7 Å². The molecule has 7 nitrogen and oxygen atoms in total. The van der Waals surface area contributed by atoms with Gasteiger partial charge in [-0.25, -0.2) is 0 Å². The number of aliphatic hydroxyl groups is 4. The molecule has 0 aromatic heterocycles. The third-order valence-corrected chi connectivity index (χ3v) is 7.92. The van der Waals surface area contributed by atoms with Gasteiger partial charge in [0.2, 0.25) is 0 Å². The van der Waals surface area contributed by atoms with Crippen LogP contribution in [0.15, 0.2) is 11.6 Å². The highest BCUT2D eigenvalue weighted by atomic mass is 16.6. The second-order valence-electron chi connectivity index (χ2n) is 9.05. The molecule has 4 aliphatic rings. The molecule has 2 saturated carbocycles. The molecule has 1 saturated heterocycles. The van der Waals surface area contributed by atoms with Crippen LogP contribution in [0, 0.1) is 34.5 Å². The van der Waals surface area contributed by atoms with Crippen molar-refractivity contribution in [2.75, 3.05) is 0 Å². The monoisotopic (exact) mass is 366 g/mol. The molecular weight excluding hydrogens is 340 g/mol. The second-order valence-corrected chi connectivity index (χ2v) is 9.05. The normalized spacial score (nSPS) is 58.6. The molecule has 1 heterocycles. The van der Waals surface area contributed by atoms with Crippen LogP contribution < -0.4 is 0 Å². The number of fused-ring (bicyclic) bond motifs is 2. The van der Waals surface area contributed by atoms with E-state index in [0.29, 0.717) is 5.57 Å². The van der Waals surface area contributed by atoms with Gasteiger partial charge in [0.25, 0.3) is 0 Å². The largest absolute Gasteiger partial charge is 0.459 e. The van der Waals surface area contributed by atoms with Gasteiger partial charge < -0.3 is 25.2 Å². The highest BCUT2D eigenvalue weighted by Gasteiger charge is 2.77. The Hall–Kier alpha value is -1.28. The Kier molecular flexibility index (Phi) is 3.59. The summed E-state index contributed by atoms with van der Waals surface area (Å²) in [4.78, 5) is 25.0.